The summed E-state index contributed by atoms with van der Waals surface area (Å²) in [7, 11) is 4.70. The predicted octanol–water partition coefficient (Wildman–Crippen LogP) is 1.91. The summed E-state index contributed by atoms with van der Waals surface area (Å²) in [5.74, 6) is -0.611. The molecular formula is C12H14N2O4. The molecule has 0 N–H and O–H groups in total. The van der Waals surface area contributed by atoms with Gasteiger partial charge >= 0.3 is 5.97 Å². The van der Waals surface area contributed by atoms with Gasteiger partial charge in [0.2, 0.25) is 0 Å². The van der Waals surface area contributed by atoms with Crippen molar-refractivity contribution in [2.75, 3.05) is 21.2 Å². The Morgan fingerprint density at radius 3 is 2.50 bits per heavy atom. The highest BCUT2D eigenvalue weighted by molar-refractivity contribution is 5.91. The van der Waals surface area contributed by atoms with E-state index in [2.05, 4.69) is 11.3 Å². The molecule has 6 nitrogen and oxygen atoms in total. The summed E-state index contributed by atoms with van der Waals surface area (Å²) in [4.78, 5) is 23.5. The van der Waals surface area contributed by atoms with Crippen LogP contribution in [-0.4, -0.2) is 37.0 Å². The van der Waals surface area contributed by atoms with Crippen molar-refractivity contribution in [1.82, 2.24) is 4.90 Å². The van der Waals surface area contributed by atoms with Crippen LogP contribution in [0, 0.1) is 10.1 Å². The van der Waals surface area contributed by atoms with Gasteiger partial charge in [-0.3, -0.25) is 10.1 Å². The van der Waals surface area contributed by atoms with Crippen LogP contribution in [0.1, 0.15) is 15.9 Å². The number of nitro benzene ring substituents is 1. The number of hydrogen-bond acceptors (Lipinski definition) is 5. The molecule has 96 valence electrons. The maximum atomic E-state index is 11.3. The van der Waals surface area contributed by atoms with E-state index in [0.29, 0.717) is 11.3 Å². The molecule has 18 heavy (non-hydrogen) atoms. The lowest BCUT2D eigenvalue weighted by molar-refractivity contribution is -0.385. The van der Waals surface area contributed by atoms with E-state index in [1.54, 1.807) is 19.0 Å². The summed E-state index contributed by atoms with van der Waals surface area (Å²) in [6.07, 6.45) is 0. The van der Waals surface area contributed by atoms with Crippen LogP contribution < -0.4 is 0 Å². The third-order valence-corrected chi connectivity index (χ3v) is 2.47. The van der Waals surface area contributed by atoms with Crippen molar-refractivity contribution in [1.29, 1.82) is 0 Å². The number of rotatable bonds is 4. The average Bonchev–Trinajstić information content (AvgIpc) is 2.35. The van der Waals surface area contributed by atoms with Crippen LogP contribution in [-0.2, 0) is 4.74 Å². The summed E-state index contributed by atoms with van der Waals surface area (Å²) in [5, 5.41) is 11.0. The Labute approximate surface area is 105 Å². The highest BCUT2D eigenvalue weighted by Crippen LogP contribution is 2.27. The van der Waals surface area contributed by atoms with Gasteiger partial charge in [0.25, 0.3) is 5.69 Å². The van der Waals surface area contributed by atoms with Crippen LogP contribution in [0.25, 0.3) is 5.70 Å². The summed E-state index contributed by atoms with van der Waals surface area (Å²) in [6, 6.07) is 4.16. The van der Waals surface area contributed by atoms with Gasteiger partial charge in [0.1, 0.15) is 0 Å². The van der Waals surface area contributed by atoms with E-state index in [-0.39, 0.29) is 11.3 Å². The molecule has 1 aromatic rings. The van der Waals surface area contributed by atoms with E-state index in [9.17, 15) is 14.9 Å². The number of esters is 1. The lowest BCUT2D eigenvalue weighted by Gasteiger charge is -2.16. The molecule has 0 saturated heterocycles. The molecule has 0 fully saturated rings. The van der Waals surface area contributed by atoms with Gasteiger partial charge in [-0.15, -0.1) is 0 Å². The minimum Gasteiger partial charge on any atom is -0.465 e. The molecule has 0 unspecified atom stereocenters. The molecule has 6 heteroatoms. The van der Waals surface area contributed by atoms with E-state index in [0.717, 1.165) is 0 Å². The predicted molar refractivity (Wildman–Crippen MR) is 67.2 cm³/mol. The molecule has 0 atom stereocenters. The van der Waals surface area contributed by atoms with Gasteiger partial charge in [0, 0.05) is 25.9 Å². The zero-order valence-corrected chi connectivity index (χ0v) is 10.5. The third kappa shape index (κ3) is 2.65. The smallest absolute Gasteiger partial charge is 0.338 e. The molecular weight excluding hydrogens is 236 g/mol. The summed E-state index contributed by atoms with van der Waals surface area (Å²) < 4.78 is 4.52. The Bertz CT molecular complexity index is 509. The first-order valence-electron chi connectivity index (χ1n) is 5.11. The quantitative estimate of drug-likeness (QED) is 0.463. The zero-order chi connectivity index (χ0) is 13.9. The number of nitro groups is 1. The molecule has 0 saturated carbocycles. The van der Waals surface area contributed by atoms with E-state index in [1.807, 2.05) is 0 Å². The Balaban J connectivity index is 3.34. The number of carbonyl (C=O) groups excluding carboxylic acids is 1. The van der Waals surface area contributed by atoms with Crippen molar-refractivity contribution in [3.05, 3.63) is 46.0 Å². The van der Waals surface area contributed by atoms with Crippen LogP contribution in [0.5, 0.6) is 0 Å². The van der Waals surface area contributed by atoms with Gasteiger partial charge in [-0.05, 0) is 12.1 Å². The molecule has 0 aromatic heterocycles. The standard InChI is InChI=1S/C12H14N2O4/c1-8(13(2)3)10-6-5-9(12(15)18-4)7-11(10)14(16)17/h5-7H,1H2,2-4H3. The minimum absolute atomic E-state index is 0.138. The summed E-state index contributed by atoms with van der Waals surface area (Å²) in [6.45, 7) is 3.77. The Morgan fingerprint density at radius 1 is 1.44 bits per heavy atom. The van der Waals surface area contributed by atoms with Gasteiger partial charge in [0.05, 0.1) is 23.2 Å². The highest BCUT2D eigenvalue weighted by atomic mass is 16.6. The van der Waals surface area contributed by atoms with Crippen LogP contribution in [0.2, 0.25) is 0 Å². The van der Waals surface area contributed by atoms with Crippen molar-refractivity contribution < 1.29 is 14.5 Å². The first-order valence-corrected chi connectivity index (χ1v) is 5.11. The van der Waals surface area contributed by atoms with E-state index < -0.39 is 10.9 Å². The second-order valence-corrected chi connectivity index (χ2v) is 3.82. The molecule has 0 aliphatic heterocycles. The number of methoxy groups -OCH3 is 1. The SMILES string of the molecule is C=C(c1ccc(C(=O)OC)cc1[N+](=O)[O-])N(C)C. The largest absolute Gasteiger partial charge is 0.465 e. The summed E-state index contributed by atoms with van der Waals surface area (Å²) in [5.41, 5.74) is 0.840. The van der Waals surface area contributed by atoms with Crippen molar-refractivity contribution in [3.8, 4) is 0 Å². The Hall–Kier alpha value is -2.37. The molecule has 0 bridgehead atoms. The fraction of sp³-hybridized carbons (Fsp3) is 0.250. The average molecular weight is 250 g/mol. The maximum absolute atomic E-state index is 11.3. The lowest BCUT2D eigenvalue weighted by atomic mass is 10.1. The maximum Gasteiger partial charge on any atom is 0.338 e. The fourth-order valence-corrected chi connectivity index (χ4v) is 1.41. The monoisotopic (exact) mass is 250 g/mol. The van der Waals surface area contributed by atoms with Gasteiger partial charge in [0.15, 0.2) is 0 Å². The molecule has 0 radical (unpaired) electrons. The van der Waals surface area contributed by atoms with Gasteiger partial charge in [-0.1, -0.05) is 6.58 Å². The molecule has 0 aliphatic carbocycles. The van der Waals surface area contributed by atoms with Crippen molar-refractivity contribution in [2.24, 2.45) is 0 Å². The number of hydrogen-bond donors (Lipinski definition) is 0. The minimum atomic E-state index is -0.611. The second-order valence-electron chi connectivity index (χ2n) is 3.82. The first kappa shape index (κ1) is 13.7. The second kappa shape index (κ2) is 5.31. The van der Waals surface area contributed by atoms with Crippen molar-refractivity contribution in [3.63, 3.8) is 0 Å². The third-order valence-electron chi connectivity index (χ3n) is 2.47. The topological polar surface area (TPSA) is 72.7 Å². The molecule has 0 aliphatic rings. The van der Waals surface area contributed by atoms with E-state index in [1.165, 1.54) is 25.3 Å². The van der Waals surface area contributed by atoms with Crippen LogP contribution >= 0.6 is 0 Å². The molecule has 0 amide bonds. The van der Waals surface area contributed by atoms with Gasteiger partial charge < -0.3 is 9.64 Å². The first-order chi connectivity index (χ1) is 8.38. The number of benzene rings is 1. The van der Waals surface area contributed by atoms with E-state index in [4.69, 9.17) is 0 Å². The van der Waals surface area contributed by atoms with E-state index >= 15 is 0 Å². The molecule has 0 spiro atoms. The fourth-order valence-electron chi connectivity index (χ4n) is 1.41. The van der Waals surface area contributed by atoms with Gasteiger partial charge in [-0.25, -0.2) is 4.79 Å². The highest BCUT2D eigenvalue weighted by Gasteiger charge is 2.20. The van der Waals surface area contributed by atoms with Crippen LogP contribution in [0.4, 0.5) is 5.69 Å². The lowest BCUT2D eigenvalue weighted by Crippen LogP contribution is -2.11. The number of ether oxygens (including phenoxy) is 1. The zero-order valence-electron chi connectivity index (χ0n) is 10.5. The van der Waals surface area contributed by atoms with Gasteiger partial charge in [-0.2, -0.15) is 0 Å². The normalized spacial score (nSPS) is 9.72. The Kier molecular flexibility index (Phi) is 4.04. The van der Waals surface area contributed by atoms with Crippen molar-refractivity contribution >= 4 is 17.4 Å². The van der Waals surface area contributed by atoms with Crippen LogP contribution in [0.15, 0.2) is 24.8 Å². The molecule has 0 heterocycles. The summed E-state index contributed by atoms with van der Waals surface area (Å²) >= 11 is 0. The number of carbonyl (C=O) groups is 1. The molecule has 1 rings (SSSR count). The molecule has 1 aromatic carbocycles. The van der Waals surface area contributed by atoms with Crippen LogP contribution in [0.3, 0.4) is 0 Å². The number of nitrogens with zero attached hydrogens (tertiary/aromatic N) is 2. The van der Waals surface area contributed by atoms with Crippen molar-refractivity contribution in [2.45, 2.75) is 0 Å². The Morgan fingerprint density at radius 2 is 2.06 bits per heavy atom.